The second-order valence-corrected chi connectivity index (χ2v) is 6.36. The van der Waals surface area contributed by atoms with Crippen molar-refractivity contribution in [3.8, 4) is 11.1 Å². The van der Waals surface area contributed by atoms with E-state index in [2.05, 4.69) is 5.32 Å². The summed E-state index contributed by atoms with van der Waals surface area (Å²) < 4.78 is 108. The van der Waals surface area contributed by atoms with Crippen LogP contribution in [0.2, 0.25) is 0 Å². The van der Waals surface area contributed by atoms with E-state index in [-0.39, 0.29) is 5.56 Å². The third-order valence-corrected chi connectivity index (χ3v) is 4.39. The highest BCUT2D eigenvalue weighted by atomic mass is 19.4. The van der Waals surface area contributed by atoms with E-state index in [1.165, 1.54) is 6.07 Å². The molecule has 0 saturated heterocycles. The molecule has 0 heterocycles. The van der Waals surface area contributed by atoms with Crippen LogP contribution in [0.15, 0.2) is 60.7 Å². The number of nitrogens with one attached hydrogen (secondary N) is 1. The molecule has 0 aromatic heterocycles. The molecular weight excluding hydrogens is 418 g/mol. The van der Waals surface area contributed by atoms with E-state index in [9.17, 15) is 35.1 Å². The van der Waals surface area contributed by atoms with E-state index in [0.717, 1.165) is 48.5 Å². The van der Waals surface area contributed by atoms with Crippen molar-refractivity contribution in [2.75, 3.05) is 5.32 Å². The molecular formula is C21H13F8N. The summed E-state index contributed by atoms with van der Waals surface area (Å²) >= 11 is 0. The Hall–Kier alpha value is -3.10. The van der Waals surface area contributed by atoms with Crippen molar-refractivity contribution in [2.45, 2.75) is 18.9 Å². The third kappa shape index (κ3) is 4.55. The zero-order valence-electron chi connectivity index (χ0n) is 15.0. The van der Waals surface area contributed by atoms with E-state index in [1.54, 1.807) is 0 Å². The normalized spacial score (nSPS) is 12.1. The molecule has 0 unspecified atom stereocenters. The summed E-state index contributed by atoms with van der Waals surface area (Å²) in [5.74, 6) is -1.88. The zero-order valence-corrected chi connectivity index (χ0v) is 15.0. The van der Waals surface area contributed by atoms with Gasteiger partial charge in [0.1, 0.15) is 11.6 Å². The highest BCUT2D eigenvalue weighted by molar-refractivity contribution is 5.72. The lowest BCUT2D eigenvalue weighted by Crippen LogP contribution is -2.13. The maximum absolute atomic E-state index is 13.7. The highest BCUT2D eigenvalue weighted by Crippen LogP contribution is 2.41. The van der Waals surface area contributed by atoms with Gasteiger partial charge < -0.3 is 5.32 Å². The van der Waals surface area contributed by atoms with Crippen molar-refractivity contribution in [3.63, 3.8) is 0 Å². The molecule has 0 amide bonds. The molecule has 1 nitrogen and oxygen atoms in total. The van der Waals surface area contributed by atoms with Crippen LogP contribution in [0.3, 0.4) is 0 Å². The van der Waals surface area contributed by atoms with Crippen molar-refractivity contribution in [3.05, 3.63) is 89.0 Å². The standard InChI is InChI=1S/C21H13F8N/c22-17-6-3-7-18(23)14(17)11-30-19-9-8-12(10-16(19)21(27,28)29)13-4-1-2-5-15(13)20(24,25)26/h1-10,30H,11H2. The molecule has 3 aromatic carbocycles. The molecule has 0 aliphatic carbocycles. The Morgan fingerprint density at radius 3 is 1.87 bits per heavy atom. The first-order valence-corrected chi connectivity index (χ1v) is 8.53. The summed E-state index contributed by atoms with van der Waals surface area (Å²) in [6.07, 6.45) is -9.67. The van der Waals surface area contributed by atoms with E-state index in [1.807, 2.05) is 0 Å². The van der Waals surface area contributed by atoms with Crippen LogP contribution in [0.25, 0.3) is 11.1 Å². The van der Waals surface area contributed by atoms with Crippen LogP contribution < -0.4 is 5.32 Å². The first-order chi connectivity index (χ1) is 14.0. The molecule has 9 heteroatoms. The van der Waals surface area contributed by atoms with E-state index in [0.29, 0.717) is 6.07 Å². The van der Waals surface area contributed by atoms with Gasteiger partial charge in [0.2, 0.25) is 0 Å². The van der Waals surface area contributed by atoms with Crippen LogP contribution >= 0.6 is 0 Å². The fourth-order valence-corrected chi connectivity index (χ4v) is 2.97. The molecule has 3 rings (SSSR count). The van der Waals surface area contributed by atoms with Gasteiger partial charge in [-0.05, 0) is 41.5 Å². The average molecular weight is 431 g/mol. The molecule has 0 saturated carbocycles. The smallest absolute Gasteiger partial charge is 0.380 e. The number of anilines is 1. The zero-order chi connectivity index (χ0) is 22.1. The number of rotatable bonds is 4. The monoisotopic (exact) mass is 431 g/mol. The largest absolute Gasteiger partial charge is 0.418 e. The molecule has 3 aromatic rings. The van der Waals surface area contributed by atoms with Crippen molar-refractivity contribution >= 4 is 5.69 Å². The van der Waals surface area contributed by atoms with Gasteiger partial charge in [0.25, 0.3) is 0 Å². The predicted molar refractivity (Wildman–Crippen MR) is 95.6 cm³/mol. The summed E-state index contributed by atoms with van der Waals surface area (Å²) in [4.78, 5) is 0. The van der Waals surface area contributed by atoms with Crippen molar-refractivity contribution < 1.29 is 35.1 Å². The Labute approximate surface area is 166 Å². The van der Waals surface area contributed by atoms with Gasteiger partial charge in [-0.3, -0.25) is 0 Å². The maximum Gasteiger partial charge on any atom is 0.418 e. The van der Waals surface area contributed by atoms with Crippen LogP contribution in [-0.4, -0.2) is 0 Å². The Bertz CT molecular complexity index is 1030. The highest BCUT2D eigenvalue weighted by Gasteiger charge is 2.36. The number of halogens is 8. The lowest BCUT2D eigenvalue weighted by atomic mass is 9.96. The first kappa shape index (κ1) is 21.6. The van der Waals surface area contributed by atoms with Gasteiger partial charge in [0.05, 0.1) is 11.1 Å². The molecule has 0 aliphatic heterocycles. The van der Waals surface area contributed by atoms with Gasteiger partial charge >= 0.3 is 12.4 Å². The number of benzene rings is 3. The SMILES string of the molecule is Fc1cccc(F)c1CNc1ccc(-c2ccccc2C(F)(F)F)cc1C(F)(F)F. The van der Waals surface area contributed by atoms with Gasteiger partial charge in [-0.15, -0.1) is 0 Å². The van der Waals surface area contributed by atoms with Crippen molar-refractivity contribution in [2.24, 2.45) is 0 Å². The van der Waals surface area contributed by atoms with Gasteiger partial charge in [0, 0.05) is 17.8 Å². The molecule has 1 N–H and O–H groups in total. The van der Waals surface area contributed by atoms with Crippen LogP contribution in [0.4, 0.5) is 40.8 Å². The van der Waals surface area contributed by atoms with Crippen molar-refractivity contribution in [1.82, 2.24) is 0 Å². The minimum absolute atomic E-state index is 0.294. The second-order valence-electron chi connectivity index (χ2n) is 6.36. The summed E-state index contributed by atoms with van der Waals surface area (Å²) in [5, 5.41) is 2.32. The fraction of sp³-hybridized carbons (Fsp3) is 0.143. The Balaban J connectivity index is 2.02. The summed E-state index contributed by atoms with van der Waals surface area (Å²) in [7, 11) is 0. The maximum atomic E-state index is 13.7. The second kappa shape index (κ2) is 7.97. The van der Waals surface area contributed by atoms with Crippen LogP contribution in [0.5, 0.6) is 0 Å². The molecule has 0 bridgehead atoms. The molecule has 0 atom stereocenters. The van der Waals surface area contributed by atoms with E-state index in [4.69, 9.17) is 0 Å². The molecule has 30 heavy (non-hydrogen) atoms. The van der Waals surface area contributed by atoms with E-state index >= 15 is 0 Å². The molecule has 0 aliphatic rings. The number of hydrogen-bond acceptors (Lipinski definition) is 1. The number of alkyl halides is 6. The lowest BCUT2D eigenvalue weighted by Gasteiger charge is -2.18. The minimum atomic E-state index is -4.92. The molecule has 0 spiro atoms. The van der Waals surface area contributed by atoms with Crippen LogP contribution in [0.1, 0.15) is 16.7 Å². The minimum Gasteiger partial charge on any atom is -0.380 e. The molecule has 0 radical (unpaired) electrons. The third-order valence-electron chi connectivity index (χ3n) is 4.39. The van der Waals surface area contributed by atoms with Crippen molar-refractivity contribution in [1.29, 1.82) is 0 Å². The van der Waals surface area contributed by atoms with Gasteiger partial charge in [-0.2, -0.15) is 26.3 Å². The van der Waals surface area contributed by atoms with E-state index < -0.39 is 58.5 Å². The summed E-state index contributed by atoms with van der Waals surface area (Å²) in [6.45, 7) is -0.583. The molecule has 158 valence electrons. The Kier molecular flexibility index (Phi) is 5.74. The van der Waals surface area contributed by atoms with Gasteiger partial charge in [-0.1, -0.05) is 30.3 Å². The van der Waals surface area contributed by atoms with Gasteiger partial charge in [-0.25, -0.2) is 8.78 Å². The average Bonchev–Trinajstić information content (AvgIpc) is 2.66. The topological polar surface area (TPSA) is 12.0 Å². The molecule has 0 fully saturated rings. The summed E-state index contributed by atoms with van der Waals surface area (Å²) in [5.41, 5.74) is -4.02. The fourth-order valence-electron chi connectivity index (χ4n) is 2.97. The number of hydrogen-bond donors (Lipinski definition) is 1. The Morgan fingerprint density at radius 1 is 0.667 bits per heavy atom. The Morgan fingerprint density at radius 2 is 1.27 bits per heavy atom. The van der Waals surface area contributed by atoms with Crippen LogP contribution in [-0.2, 0) is 18.9 Å². The quantitative estimate of drug-likeness (QED) is 0.428. The lowest BCUT2D eigenvalue weighted by molar-refractivity contribution is -0.137. The van der Waals surface area contributed by atoms with Gasteiger partial charge in [0.15, 0.2) is 0 Å². The predicted octanol–water partition coefficient (Wildman–Crippen LogP) is 7.28. The van der Waals surface area contributed by atoms with Crippen LogP contribution in [0, 0.1) is 11.6 Å². The summed E-state index contributed by atoms with van der Waals surface area (Å²) in [6, 6.07) is 9.89. The first-order valence-electron chi connectivity index (χ1n) is 8.53.